The molecule has 0 radical (unpaired) electrons. The third-order valence-corrected chi connectivity index (χ3v) is 4.41. The van der Waals surface area contributed by atoms with Gasteiger partial charge in [0.25, 0.3) is 0 Å². The van der Waals surface area contributed by atoms with Crippen molar-refractivity contribution in [2.45, 2.75) is 38.3 Å². The van der Waals surface area contributed by atoms with E-state index < -0.39 is 0 Å². The molecule has 0 aromatic carbocycles. The Balaban J connectivity index is 2.06. The lowest BCUT2D eigenvalue weighted by Crippen LogP contribution is -2.40. The van der Waals surface area contributed by atoms with Gasteiger partial charge in [0.15, 0.2) is 0 Å². The Labute approximate surface area is 130 Å². The van der Waals surface area contributed by atoms with Crippen molar-refractivity contribution in [3.05, 3.63) is 24.3 Å². The van der Waals surface area contributed by atoms with Crippen LogP contribution in [0.1, 0.15) is 31.2 Å². The summed E-state index contributed by atoms with van der Waals surface area (Å²) in [5.74, 6) is 1.13. The van der Waals surface area contributed by atoms with Crippen molar-refractivity contribution in [1.29, 1.82) is 0 Å². The summed E-state index contributed by atoms with van der Waals surface area (Å²) in [6.07, 6.45) is 11.0. The van der Waals surface area contributed by atoms with E-state index in [1.807, 2.05) is 11.2 Å². The van der Waals surface area contributed by atoms with Crippen molar-refractivity contribution >= 4 is 17.7 Å². The first kappa shape index (κ1) is 16.2. The first-order valence-electron chi connectivity index (χ1n) is 7.54. The van der Waals surface area contributed by atoms with E-state index in [4.69, 9.17) is 0 Å². The van der Waals surface area contributed by atoms with Gasteiger partial charge < -0.3 is 10.2 Å². The fourth-order valence-electron chi connectivity index (χ4n) is 2.67. The van der Waals surface area contributed by atoms with Gasteiger partial charge in [0.05, 0.1) is 0 Å². The Morgan fingerprint density at radius 1 is 1.38 bits per heavy atom. The number of hydrogen-bond acceptors (Lipinski definition) is 5. The summed E-state index contributed by atoms with van der Waals surface area (Å²) in [6.45, 7) is 2.67. The van der Waals surface area contributed by atoms with Gasteiger partial charge in [-0.3, -0.25) is 4.79 Å². The van der Waals surface area contributed by atoms with Crippen molar-refractivity contribution in [3.63, 3.8) is 0 Å². The third-order valence-electron chi connectivity index (χ3n) is 3.79. The molecule has 5 nitrogen and oxygen atoms in total. The fourth-order valence-corrected chi connectivity index (χ4v) is 3.05. The van der Waals surface area contributed by atoms with Crippen molar-refractivity contribution < 1.29 is 4.79 Å². The van der Waals surface area contributed by atoms with Crippen LogP contribution in [0.5, 0.6) is 0 Å². The molecule has 116 valence electrons. The summed E-state index contributed by atoms with van der Waals surface area (Å²) in [5, 5.41) is 3.41. The Morgan fingerprint density at radius 3 is 2.95 bits per heavy atom. The Bertz CT molecular complexity index is 421. The van der Waals surface area contributed by atoms with Crippen LogP contribution in [0.4, 0.5) is 0 Å². The highest BCUT2D eigenvalue weighted by Crippen LogP contribution is 2.18. The zero-order valence-corrected chi connectivity index (χ0v) is 13.4. The second-order valence-electron chi connectivity index (χ2n) is 5.35. The maximum atomic E-state index is 12.6. The summed E-state index contributed by atoms with van der Waals surface area (Å²) < 4.78 is 0. The molecule has 2 heterocycles. The number of carbonyl (C=O) groups is 1. The summed E-state index contributed by atoms with van der Waals surface area (Å²) >= 11 is 1.72. The van der Waals surface area contributed by atoms with E-state index in [0.717, 1.165) is 43.7 Å². The van der Waals surface area contributed by atoms with Crippen molar-refractivity contribution in [2.75, 3.05) is 25.1 Å². The quantitative estimate of drug-likeness (QED) is 0.867. The predicted octanol–water partition coefficient (Wildman–Crippen LogP) is 1.70. The van der Waals surface area contributed by atoms with Crippen molar-refractivity contribution in [3.8, 4) is 0 Å². The number of hydrogen-bond donors (Lipinski definition) is 1. The third kappa shape index (κ3) is 5.28. The smallest absolute Gasteiger partial charge is 0.223 e. The molecule has 1 aromatic rings. The maximum absolute atomic E-state index is 12.6. The van der Waals surface area contributed by atoms with Crippen molar-refractivity contribution in [2.24, 2.45) is 0 Å². The molecule has 1 aliphatic heterocycles. The molecular weight excluding hydrogens is 284 g/mol. The van der Waals surface area contributed by atoms with Gasteiger partial charge in [-0.2, -0.15) is 11.8 Å². The molecular formula is C15H24N4OS. The van der Waals surface area contributed by atoms with Crippen LogP contribution in [-0.2, 0) is 11.3 Å². The molecule has 0 bridgehead atoms. The molecule has 0 unspecified atom stereocenters. The van der Waals surface area contributed by atoms with E-state index in [2.05, 4.69) is 15.3 Å². The van der Waals surface area contributed by atoms with Crippen LogP contribution in [0.15, 0.2) is 18.7 Å². The molecule has 21 heavy (non-hydrogen) atoms. The first-order chi connectivity index (χ1) is 10.3. The first-order valence-corrected chi connectivity index (χ1v) is 8.93. The number of thioether (sulfide) groups is 1. The highest BCUT2D eigenvalue weighted by molar-refractivity contribution is 7.98. The van der Waals surface area contributed by atoms with Crippen LogP contribution in [0, 0.1) is 0 Å². The molecule has 0 spiro atoms. The largest absolute Gasteiger partial charge is 0.335 e. The predicted molar refractivity (Wildman–Crippen MR) is 86.1 cm³/mol. The average Bonchev–Trinajstić information content (AvgIpc) is 2.80. The number of aromatic nitrogens is 2. The SMILES string of the molecule is CSCCC(=O)N(Cc1cncnc1)[C@H]1CCCNCC1. The molecule has 1 atom stereocenters. The molecule has 1 saturated heterocycles. The van der Waals surface area contributed by atoms with Gasteiger partial charge in [0.2, 0.25) is 5.91 Å². The normalized spacial score (nSPS) is 19.0. The maximum Gasteiger partial charge on any atom is 0.223 e. The highest BCUT2D eigenvalue weighted by atomic mass is 32.2. The van der Waals surface area contributed by atoms with Crippen molar-refractivity contribution in [1.82, 2.24) is 20.2 Å². The summed E-state index contributed by atoms with van der Waals surface area (Å²) in [5.41, 5.74) is 1.01. The van der Waals surface area contributed by atoms with Gasteiger partial charge in [-0.1, -0.05) is 0 Å². The lowest BCUT2D eigenvalue weighted by Gasteiger charge is -2.31. The fraction of sp³-hybridized carbons (Fsp3) is 0.667. The van der Waals surface area contributed by atoms with Crippen LogP contribution in [-0.4, -0.2) is 51.9 Å². The molecule has 1 fully saturated rings. The van der Waals surface area contributed by atoms with Crippen LogP contribution in [0.25, 0.3) is 0 Å². The lowest BCUT2D eigenvalue weighted by atomic mass is 10.1. The van der Waals surface area contributed by atoms with Crippen LogP contribution >= 0.6 is 11.8 Å². The topological polar surface area (TPSA) is 58.1 Å². The van der Waals surface area contributed by atoms with Gasteiger partial charge in [0, 0.05) is 42.7 Å². The second kappa shape index (κ2) is 9.00. The number of rotatable bonds is 6. The van der Waals surface area contributed by atoms with E-state index in [0.29, 0.717) is 19.0 Å². The molecule has 6 heteroatoms. The molecule has 2 rings (SSSR count). The Hall–Kier alpha value is -1.14. The Kier molecular flexibility index (Phi) is 6.95. The highest BCUT2D eigenvalue weighted by Gasteiger charge is 2.24. The summed E-state index contributed by atoms with van der Waals surface area (Å²) in [7, 11) is 0. The van der Waals surface area contributed by atoms with E-state index in [1.54, 1.807) is 24.2 Å². The monoisotopic (exact) mass is 308 g/mol. The number of amides is 1. The van der Waals surface area contributed by atoms with E-state index in [1.165, 1.54) is 6.33 Å². The summed E-state index contributed by atoms with van der Waals surface area (Å²) in [4.78, 5) is 22.7. The lowest BCUT2D eigenvalue weighted by molar-refractivity contribution is -0.134. The number of carbonyl (C=O) groups excluding carboxylic acids is 1. The van der Waals surface area contributed by atoms with E-state index in [-0.39, 0.29) is 5.91 Å². The number of nitrogens with one attached hydrogen (secondary N) is 1. The molecule has 0 saturated carbocycles. The molecule has 1 N–H and O–H groups in total. The van der Waals surface area contributed by atoms with Gasteiger partial charge in [-0.25, -0.2) is 9.97 Å². The van der Waals surface area contributed by atoms with E-state index >= 15 is 0 Å². The zero-order chi connectivity index (χ0) is 14.9. The van der Waals surface area contributed by atoms with Gasteiger partial charge in [0.1, 0.15) is 6.33 Å². The second-order valence-corrected chi connectivity index (χ2v) is 6.33. The van der Waals surface area contributed by atoms with E-state index in [9.17, 15) is 4.79 Å². The standard InChI is InChI=1S/C15H24N4OS/c1-21-8-5-15(20)19(11-13-9-17-12-18-10-13)14-3-2-6-16-7-4-14/h9-10,12,14,16H,2-8,11H2,1H3/t14-/m0/s1. The van der Waals surface area contributed by atoms with Gasteiger partial charge in [-0.05, 0) is 38.6 Å². The van der Waals surface area contributed by atoms with Crippen LogP contribution < -0.4 is 5.32 Å². The van der Waals surface area contributed by atoms with Gasteiger partial charge >= 0.3 is 0 Å². The minimum absolute atomic E-state index is 0.250. The minimum Gasteiger partial charge on any atom is -0.335 e. The van der Waals surface area contributed by atoms with Gasteiger partial charge in [-0.15, -0.1) is 0 Å². The molecule has 1 aliphatic rings. The molecule has 0 aliphatic carbocycles. The molecule has 1 aromatic heterocycles. The Morgan fingerprint density at radius 2 is 2.19 bits per heavy atom. The van der Waals surface area contributed by atoms with Crippen LogP contribution in [0.3, 0.4) is 0 Å². The number of nitrogens with zero attached hydrogens (tertiary/aromatic N) is 3. The zero-order valence-electron chi connectivity index (χ0n) is 12.6. The average molecular weight is 308 g/mol. The minimum atomic E-state index is 0.250. The molecule has 1 amide bonds. The van der Waals surface area contributed by atoms with Crippen LogP contribution in [0.2, 0.25) is 0 Å². The summed E-state index contributed by atoms with van der Waals surface area (Å²) in [6, 6.07) is 0.328.